The molecule has 28 heavy (non-hydrogen) atoms. The number of carbonyl (C=O) groups excluding carboxylic acids is 1. The molecule has 0 aromatic carbocycles. The molecule has 1 amide bonds. The maximum atomic E-state index is 12.2. The molecule has 6 nitrogen and oxygen atoms in total. The van der Waals surface area contributed by atoms with Crippen molar-refractivity contribution in [1.29, 1.82) is 5.26 Å². The van der Waals surface area contributed by atoms with Crippen LogP contribution in [0.15, 0.2) is 18.3 Å². The Morgan fingerprint density at radius 2 is 2.07 bits per heavy atom. The third kappa shape index (κ3) is 7.12. The van der Waals surface area contributed by atoms with Crippen LogP contribution in [-0.4, -0.2) is 59.7 Å². The summed E-state index contributed by atoms with van der Waals surface area (Å²) in [6.07, 6.45) is 6.69. The molecule has 1 atom stereocenters. The lowest BCUT2D eigenvalue weighted by molar-refractivity contribution is 0.0172. The van der Waals surface area contributed by atoms with Crippen molar-refractivity contribution in [2.45, 2.75) is 64.5 Å². The normalized spacial score (nSPS) is 16.7. The molecule has 1 unspecified atom stereocenters. The highest BCUT2D eigenvalue weighted by molar-refractivity contribution is 5.68. The van der Waals surface area contributed by atoms with E-state index in [1.54, 1.807) is 6.20 Å². The van der Waals surface area contributed by atoms with E-state index in [-0.39, 0.29) is 6.09 Å². The molecule has 154 valence electrons. The second kappa shape index (κ2) is 9.88. The van der Waals surface area contributed by atoms with Gasteiger partial charge in [0, 0.05) is 25.3 Å². The van der Waals surface area contributed by atoms with E-state index in [9.17, 15) is 4.79 Å². The van der Waals surface area contributed by atoms with Crippen LogP contribution in [-0.2, 0) is 11.2 Å². The number of likely N-dealkylation sites (tertiary alicyclic amines) is 1. The van der Waals surface area contributed by atoms with Crippen LogP contribution in [0.3, 0.4) is 0 Å². The topological polar surface area (TPSA) is 69.5 Å². The summed E-state index contributed by atoms with van der Waals surface area (Å²) in [5.74, 6) is 0.623. The van der Waals surface area contributed by atoms with Crippen molar-refractivity contribution >= 4 is 6.09 Å². The number of hydrogen-bond acceptors (Lipinski definition) is 5. The summed E-state index contributed by atoms with van der Waals surface area (Å²) in [5.41, 5.74) is 1.20. The van der Waals surface area contributed by atoms with Gasteiger partial charge in [0.05, 0.1) is 0 Å². The first kappa shape index (κ1) is 22.2. The third-order valence-corrected chi connectivity index (χ3v) is 5.31. The van der Waals surface area contributed by atoms with Gasteiger partial charge in [0.1, 0.15) is 17.4 Å². The minimum absolute atomic E-state index is 0.193. The van der Waals surface area contributed by atoms with Crippen LogP contribution in [0.1, 0.15) is 57.7 Å². The summed E-state index contributed by atoms with van der Waals surface area (Å²) in [6, 6.07) is 6.46. The van der Waals surface area contributed by atoms with Gasteiger partial charge in [-0.25, -0.2) is 9.78 Å². The molecule has 0 N–H and O–H groups in total. The number of carbonyl (C=O) groups is 1. The van der Waals surface area contributed by atoms with Gasteiger partial charge in [-0.2, -0.15) is 5.26 Å². The van der Waals surface area contributed by atoms with Gasteiger partial charge >= 0.3 is 6.09 Å². The number of hydrogen-bond donors (Lipinski definition) is 0. The second-order valence-electron chi connectivity index (χ2n) is 8.96. The molecule has 6 heteroatoms. The number of pyridine rings is 1. The van der Waals surface area contributed by atoms with Crippen LogP contribution >= 0.6 is 0 Å². The number of piperidine rings is 1. The highest BCUT2D eigenvalue weighted by Gasteiger charge is 2.28. The van der Waals surface area contributed by atoms with Crippen LogP contribution in [0.25, 0.3) is 0 Å². The van der Waals surface area contributed by atoms with Crippen molar-refractivity contribution in [3.63, 3.8) is 0 Å². The van der Waals surface area contributed by atoms with Gasteiger partial charge < -0.3 is 14.5 Å². The van der Waals surface area contributed by atoms with E-state index in [0.29, 0.717) is 17.7 Å². The maximum Gasteiger partial charge on any atom is 0.410 e. The number of aromatic nitrogens is 1. The molecule has 2 heterocycles. The lowest BCUT2D eigenvalue weighted by Crippen LogP contribution is -2.42. The van der Waals surface area contributed by atoms with E-state index in [2.05, 4.69) is 30.0 Å². The van der Waals surface area contributed by atoms with Crippen LogP contribution in [0.4, 0.5) is 4.79 Å². The predicted molar refractivity (Wildman–Crippen MR) is 110 cm³/mol. The Morgan fingerprint density at radius 1 is 1.39 bits per heavy atom. The molecule has 1 aliphatic rings. The fraction of sp³-hybridized carbons (Fsp3) is 0.682. The number of nitriles is 1. The summed E-state index contributed by atoms with van der Waals surface area (Å²) in [6.45, 7) is 7.26. The van der Waals surface area contributed by atoms with Crippen molar-refractivity contribution in [3.05, 3.63) is 29.6 Å². The summed E-state index contributed by atoms with van der Waals surface area (Å²) >= 11 is 0. The van der Waals surface area contributed by atoms with Crippen LogP contribution in [0, 0.1) is 17.2 Å². The number of rotatable bonds is 6. The largest absolute Gasteiger partial charge is 0.444 e. The van der Waals surface area contributed by atoms with E-state index in [0.717, 1.165) is 50.8 Å². The highest BCUT2D eigenvalue weighted by Crippen LogP contribution is 2.26. The zero-order valence-corrected chi connectivity index (χ0v) is 17.9. The van der Waals surface area contributed by atoms with Crippen LogP contribution in [0.5, 0.6) is 0 Å². The number of ether oxygens (including phenoxy) is 1. The molecule has 0 aliphatic carbocycles. The number of aryl methyl sites for hydroxylation is 1. The Labute approximate surface area is 169 Å². The molecule has 0 radical (unpaired) electrons. The molecule has 2 rings (SSSR count). The molecule has 0 spiro atoms. The lowest BCUT2D eigenvalue weighted by Gasteiger charge is -2.36. The molecule has 1 aromatic heterocycles. The Kier molecular flexibility index (Phi) is 7.82. The first-order valence-electron chi connectivity index (χ1n) is 10.2. The average Bonchev–Trinajstić information content (AvgIpc) is 2.64. The minimum atomic E-state index is -0.442. The molecule has 1 aliphatic heterocycles. The number of nitrogens with zero attached hydrogens (tertiary/aromatic N) is 4. The van der Waals surface area contributed by atoms with Crippen molar-refractivity contribution in [2.24, 2.45) is 5.92 Å². The predicted octanol–water partition coefficient (Wildman–Crippen LogP) is 3.85. The number of amides is 1. The van der Waals surface area contributed by atoms with E-state index in [4.69, 9.17) is 10.00 Å². The fourth-order valence-electron chi connectivity index (χ4n) is 3.67. The fourth-order valence-corrected chi connectivity index (χ4v) is 3.67. The second-order valence-corrected chi connectivity index (χ2v) is 8.96. The first-order valence-corrected chi connectivity index (χ1v) is 10.2. The van der Waals surface area contributed by atoms with Crippen molar-refractivity contribution in [3.8, 4) is 6.07 Å². The van der Waals surface area contributed by atoms with E-state index < -0.39 is 5.60 Å². The van der Waals surface area contributed by atoms with Crippen molar-refractivity contribution in [2.75, 3.05) is 27.2 Å². The third-order valence-electron chi connectivity index (χ3n) is 5.31. The molecular formula is C22H34N4O2. The summed E-state index contributed by atoms with van der Waals surface area (Å²) in [5, 5.41) is 9.01. The van der Waals surface area contributed by atoms with Gasteiger partial charge in [0.2, 0.25) is 0 Å². The summed E-state index contributed by atoms with van der Waals surface area (Å²) in [7, 11) is 4.27. The molecule has 1 fully saturated rings. The minimum Gasteiger partial charge on any atom is -0.444 e. The Hall–Kier alpha value is -2.13. The molecule has 0 saturated carbocycles. The quantitative estimate of drug-likeness (QED) is 0.743. The van der Waals surface area contributed by atoms with Crippen LogP contribution < -0.4 is 0 Å². The zero-order valence-electron chi connectivity index (χ0n) is 17.9. The average molecular weight is 387 g/mol. The smallest absolute Gasteiger partial charge is 0.410 e. The molecule has 0 bridgehead atoms. The lowest BCUT2D eigenvalue weighted by atomic mass is 9.88. The molecular weight excluding hydrogens is 352 g/mol. The SMILES string of the molecule is CN(C)C(CCc1ccnc(C#N)c1)CC1CCN(C(=O)OC(C)(C)C)CC1. The van der Waals surface area contributed by atoms with Gasteiger partial charge in [0.15, 0.2) is 0 Å². The van der Waals surface area contributed by atoms with Crippen LogP contribution in [0.2, 0.25) is 0 Å². The Balaban J connectivity index is 1.83. The molecule has 1 aromatic rings. The van der Waals surface area contributed by atoms with Crippen molar-refractivity contribution < 1.29 is 9.53 Å². The van der Waals surface area contributed by atoms with Crippen molar-refractivity contribution in [1.82, 2.24) is 14.8 Å². The van der Waals surface area contributed by atoms with E-state index >= 15 is 0 Å². The monoisotopic (exact) mass is 386 g/mol. The summed E-state index contributed by atoms with van der Waals surface area (Å²) < 4.78 is 5.49. The van der Waals surface area contributed by atoms with Gasteiger partial charge in [-0.3, -0.25) is 0 Å². The zero-order chi connectivity index (χ0) is 20.7. The molecule has 1 saturated heterocycles. The Morgan fingerprint density at radius 3 is 2.64 bits per heavy atom. The van der Waals surface area contributed by atoms with E-state index in [1.165, 1.54) is 0 Å². The maximum absolute atomic E-state index is 12.2. The standard InChI is InChI=1S/C22H34N4O2/c1-22(2,3)28-21(27)26-12-9-18(10-13-26)15-20(25(4)5)7-6-17-8-11-24-19(14-17)16-23/h8,11,14,18,20H,6-7,9-10,12-13,15H2,1-5H3. The highest BCUT2D eigenvalue weighted by atomic mass is 16.6. The van der Waals surface area contributed by atoms with Gasteiger partial charge in [-0.1, -0.05) is 0 Å². The van der Waals surface area contributed by atoms with Gasteiger partial charge in [-0.05, 0) is 90.6 Å². The Bertz CT molecular complexity index is 683. The summed E-state index contributed by atoms with van der Waals surface area (Å²) in [4.78, 5) is 20.4. The van der Waals surface area contributed by atoms with Gasteiger partial charge in [0.25, 0.3) is 0 Å². The van der Waals surface area contributed by atoms with Gasteiger partial charge in [-0.15, -0.1) is 0 Å². The first-order chi connectivity index (χ1) is 13.2. The van der Waals surface area contributed by atoms with E-state index in [1.807, 2.05) is 37.8 Å².